The van der Waals surface area contributed by atoms with Gasteiger partial charge >= 0.3 is 0 Å². The number of nitrogens with two attached hydrogens (primary N) is 1. The normalized spacial score (nSPS) is 27.0. The van der Waals surface area contributed by atoms with Crippen LogP contribution in [-0.2, 0) is 0 Å². The van der Waals surface area contributed by atoms with E-state index in [1.807, 2.05) is 10.7 Å². The fourth-order valence-corrected chi connectivity index (χ4v) is 2.57. The lowest BCUT2D eigenvalue weighted by Gasteiger charge is -2.12. The topological polar surface area (TPSA) is 43.8 Å². The zero-order valence-corrected chi connectivity index (χ0v) is 8.95. The molecule has 1 aliphatic rings. The molecule has 1 heterocycles. The molecule has 0 bridgehead atoms. The second-order valence-corrected chi connectivity index (χ2v) is 4.40. The van der Waals surface area contributed by atoms with Gasteiger partial charge in [-0.2, -0.15) is 5.10 Å². The standard InChI is InChI=1S/C10H16ClN3/c11-10-4-6-13-14(10)9-2-1-8(7-9)3-5-12/h4,6,8-9H,1-3,5,7,12H2. The van der Waals surface area contributed by atoms with Crippen molar-refractivity contribution in [1.82, 2.24) is 9.78 Å². The molecule has 1 aromatic heterocycles. The average Bonchev–Trinajstić information content (AvgIpc) is 2.74. The van der Waals surface area contributed by atoms with Gasteiger partial charge in [-0.25, -0.2) is 0 Å². The van der Waals surface area contributed by atoms with Gasteiger partial charge in [0, 0.05) is 0 Å². The smallest absolute Gasteiger partial charge is 0.127 e. The molecule has 0 radical (unpaired) electrons. The molecule has 1 aliphatic carbocycles. The predicted octanol–water partition coefficient (Wildman–Crippen LogP) is 2.23. The quantitative estimate of drug-likeness (QED) is 0.837. The van der Waals surface area contributed by atoms with E-state index in [1.54, 1.807) is 6.20 Å². The molecule has 1 fully saturated rings. The van der Waals surface area contributed by atoms with Gasteiger partial charge in [-0.1, -0.05) is 11.6 Å². The molecule has 2 rings (SSSR count). The Morgan fingerprint density at radius 3 is 3.07 bits per heavy atom. The summed E-state index contributed by atoms with van der Waals surface area (Å²) < 4.78 is 1.94. The fraction of sp³-hybridized carbons (Fsp3) is 0.700. The Kier molecular flexibility index (Phi) is 3.08. The van der Waals surface area contributed by atoms with Crippen molar-refractivity contribution in [2.45, 2.75) is 31.7 Å². The van der Waals surface area contributed by atoms with E-state index in [0.29, 0.717) is 6.04 Å². The molecule has 0 amide bonds. The number of nitrogens with zero attached hydrogens (tertiary/aromatic N) is 2. The van der Waals surface area contributed by atoms with E-state index in [-0.39, 0.29) is 0 Å². The molecule has 78 valence electrons. The van der Waals surface area contributed by atoms with Crippen molar-refractivity contribution in [2.75, 3.05) is 6.54 Å². The van der Waals surface area contributed by atoms with Gasteiger partial charge in [0.15, 0.2) is 0 Å². The molecule has 1 saturated carbocycles. The van der Waals surface area contributed by atoms with Crippen molar-refractivity contribution < 1.29 is 0 Å². The van der Waals surface area contributed by atoms with Crippen molar-refractivity contribution >= 4 is 11.6 Å². The Labute approximate surface area is 89.2 Å². The first-order valence-corrected chi connectivity index (χ1v) is 5.58. The summed E-state index contributed by atoms with van der Waals surface area (Å²) >= 11 is 6.02. The molecule has 2 atom stereocenters. The fourth-order valence-electron chi connectivity index (χ4n) is 2.34. The van der Waals surface area contributed by atoms with Gasteiger partial charge in [-0.15, -0.1) is 0 Å². The molecule has 2 N–H and O–H groups in total. The molecular weight excluding hydrogens is 198 g/mol. The van der Waals surface area contributed by atoms with E-state index in [1.165, 1.54) is 19.3 Å². The van der Waals surface area contributed by atoms with E-state index in [4.69, 9.17) is 17.3 Å². The largest absolute Gasteiger partial charge is 0.330 e. The minimum absolute atomic E-state index is 0.494. The van der Waals surface area contributed by atoms with Crippen LogP contribution in [0.2, 0.25) is 5.15 Å². The summed E-state index contributed by atoms with van der Waals surface area (Å²) in [7, 11) is 0. The predicted molar refractivity (Wildman–Crippen MR) is 57.3 cm³/mol. The molecule has 0 aliphatic heterocycles. The number of halogens is 1. The summed E-state index contributed by atoms with van der Waals surface area (Å²) in [6.07, 6.45) is 6.52. The summed E-state index contributed by atoms with van der Waals surface area (Å²) in [6, 6.07) is 2.34. The molecule has 0 saturated heterocycles. The summed E-state index contributed by atoms with van der Waals surface area (Å²) in [5, 5.41) is 5.00. The van der Waals surface area contributed by atoms with Gasteiger partial charge in [0.25, 0.3) is 0 Å². The Bertz CT molecular complexity index is 297. The maximum absolute atomic E-state index is 6.02. The van der Waals surface area contributed by atoms with Crippen molar-refractivity contribution in [3.8, 4) is 0 Å². The van der Waals surface area contributed by atoms with E-state index in [9.17, 15) is 0 Å². The summed E-state index contributed by atoms with van der Waals surface area (Å²) in [6.45, 7) is 0.796. The highest BCUT2D eigenvalue weighted by molar-refractivity contribution is 6.29. The highest BCUT2D eigenvalue weighted by Crippen LogP contribution is 2.36. The van der Waals surface area contributed by atoms with Crippen LogP contribution in [0, 0.1) is 5.92 Å². The Balaban J connectivity index is 1.99. The maximum Gasteiger partial charge on any atom is 0.127 e. The van der Waals surface area contributed by atoms with E-state index in [0.717, 1.165) is 24.0 Å². The third kappa shape index (κ3) is 1.93. The highest BCUT2D eigenvalue weighted by atomic mass is 35.5. The molecule has 3 nitrogen and oxygen atoms in total. The minimum atomic E-state index is 0.494. The lowest BCUT2D eigenvalue weighted by atomic mass is 10.0. The second-order valence-electron chi connectivity index (χ2n) is 4.01. The highest BCUT2D eigenvalue weighted by Gasteiger charge is 2.26. The third-order valence-electron chi connectivity index (χ3n) is 3.06. The molecule has 0 spiro atoms. The van der Waals surface area contributed by atoms with Crippen LogP contribution in [0.25, 0.3) is 0 Å². The van der Waals surface area contributed by atoms with Crippen LogP contribution in [0.1, 0.15) is 31.7 Å². The lowest BCUT2D eigenvalue weighted by Crippen LogP contribution is -2.09. The average molecular weight is 214 g/mol. The van der Waals surface area contributed by atoms with Crippen LogP contribution >= 0.6 is 11.6 Å². The van der Waals surface area contributed by atoms with Crippen LogP contribution in [0.15, 0.2) is 12.3 Å². The van der Waals surface area contributed by atoms with E-state index in [2.05, 4.69) is 5.10 Å². The second kappa shape index (κ2) is 4.32. The number of rotatable bonds is 3. The van der Waals surface area contributed by atoms with Crippen LogP contribution in [0.4, 0.5) is 0 Å². The monoisotopic (exact) mass is 213 g/mol. The number of hydrogen-bond donors (Lipinski definition) is 1. The molecule has 14 heavy (non-hydrogen) atoms. The summed E-state index contributed by atoms with van der Waals surface area (Å²) in [5.74, 6) is 0.769. The van der Waals surface area contributed by atoms with Crippen molar-refractivity contribution in [3.05, 3.63) is 17.4 Å². The first-order chi connectivity index (χ1) is 6.81. The summed E-state index contributed by atoms with van der Waals surface area (Å²) in [4.78, 5) is 0. The van der Waals surface area contributed by atoms with Crippen LogP contribution < -0.4 is 5.73 Å². The molecular formula is C10H16ClN3. The van der Waals surface area contributed by atoms with Gasteiger partial charge in [0.2, 0.25) is 0 Å². The van der Waals surface area contributed by atoms with Crippen LogP contribution in [0.5, 0.6) is 0 Å². The summed E-state index contributed by atoms with van der Waals surface area (Å²) in [5.41, 5.74) is 5.55. The minimum Gasteiger partial charge on any atom is -0.330 e. The molecule has 1 aromatic rings. The Morgan fingerprint density at radius 1 is 1.57 bits per heavy atom. The third-order valence-corrected chi connectivity index (χ3v) is 3.36. The van der Waals surface area contributed by atoms with E-state index < -0.39 is 0 Å². The van der Waals surface area contributed by atoms with Gasteiger partial charge in [0.05, 0.1) is 12.2 Å². The van der Waals surface area contributed by atoms with Gasteiger partial charge in [0.1, 0.15) is 5.15 Å². The first-order valence-electron chi connectivity index (χ1n) is 5.20. The molecule has 4 heteroatoms. The maximum atomic E-state index is 6.02. The van der Waals surface area contributed by atoms with Crippen molar-refractivity contribution in [1.29, 1.82) is 0 Å². The Morgan fingerprint density at radius 2 is 2.43 bits per heavy atom. The Hall–Kier alpha value is -0.540. The SMILES string of the molecule is NCCC1CCC(n2nccc2Cl)C1. The number of aromatic nitrogens is 2. The van der Waals surface area contributed by atoms with Gasteiger partial charge in [-0.05, 0) is 44.2 Å². The van der Waals surface area contributed by atoms with Crippen molar-refractivity contribution in [2.24, 2.45) is 11.7 Å². The lowest BCUT2D eigenvalue weighted by molar-refractivity contribution is 0.431. The molecule has 0 aromatic carbocycles. The van der Waals surface area contributed by atoms with Gasteiger partial charge in [-0.3, -0.25) is 4.68 Å². The zero-order valence-electron chi connectivity index (χ0n) is 8.19. The first kappa shape index (κ1) is 9.99. The number of hydrogen-bond acceptors (Lipinski definition) is 2. The van der Waals surface area contributed by atoms with Crippen LogP contribution in [-0.4, -0.2) is 16.3 Å². The van der Waals surface area contributed by atoms with Gasteiger partial charge < -0.3 is 5.73 Å². The zero-order chi connectivity index (χ0) is 9.97. The van der Waals surface area contributed by atoms with E-state index >= 15 is 0 Å². The van der Waals surface area contributed by atoms with Crippen molar-refractivity contribution in [3.63, 3.8) is 0 Å². The van der Waals surface area contributed by atoms with Crippen LogP contribution in [0.3, 0.4) is 0 Å². The molecule has 2 unspecified atom stereocenters.